The van der Waals surface area contributed by atoms with Crippen LogP contribution in [-0.2, 0) is 4.79 Å². The Balaban J connectivity index is 1.85. The molecule has 2 heterocycles. The minimum absolute atomic E-state index is 0.0283. The quantitative estimate of drug-likeness (QED) is 0.207. The zero-order valence-electron chi connectivity index (χ0n) is 17.5. The maximum atomic E-state index is 14.9. The van der Waals surface area contributed by atoms with Crippen LogP contribution >= 0.6 is 11.8 Å². The topological polar surface area (TPSA) is 46.9 Å². The molecular weight excluding hydrogens is 492 g/mol. The Labute approximate surface area is 198 Å². The normalized spacial score (nSPS) is 15.5. The molecule has 4 aromatic rings. The fourth-order valence-corrected chi connectivity index (χ4v) is 5.02. The summed E-state index contributed by atoms with van der Waals surface area (Å²) in [5, 5.41) is 5.62. The third kappa shape index (κ3) is 3.85. The first-order valence-corrected chi connectivity index (χ1v) is 11.2. The molecule has 1 N–H and O–H groups in total. The maximum absolute atomic E-state index is 14.9. The Hall–Kier alpha value is -3.73. The highest BCUT2D eigenvalue weighted by molar-refractivity contribution is 8.00. The summed E-state index contributed by atoms with van der Waals surface area (Å²) in [5.74, 6) is -11.9. The lowest BCUT2D eigenvalue weighted by Crippen LogP contribution is -2.15. The standard InChI is InChI=1S/C24H13F6N3OS/c25-12-6-8-13(9-7-12)33-24-16(22(32-33)11-4-2-1-3-5-11)23(35-10-14(34)31-24)15-17(26)19(28)21(30)20(29)18(15)27/h1-9,23H,10H2,(H,31,34). The van der Waals surface area contributed by atoms with Gasteiger partial charge in [-0.2, -0.15) is 5.10 Å². The monoisotopic (exact) mass is 505 g/mol. The van der Waals surface area contributed by atoms with Crippen molar-refractivity contribution in [1.29, 1.82) is 0 Å². The molecule has 3 aromatic carbocycles. The van der Waals surface area contributed by atoms with Crippen LogP contribution < -0.4 is 5.32 Å². The lowest BCUT2D eigenvalue weighted by molar-refractivity contribution is -0.113. The van der Waals surface area contributed by atoms with Crippen molar-refractivity contribution >= 4 is 23.5 Å². The second-order valence-electron chi connectivity index (χ2n) is 7.59. The molecule has 4 nitrogen and oxygen atoms in total. The molecule has 1 aromatic heterocycles. The van der Waals surface area contributed by atoms with Crippen molar-refractivity contribution < 1.29 is 31.1 Å². The van der Waals surface area contributed by atoms with Crippen molar-refractivity contribution in [3.63, 3.8) is 0 Å². The average Bonchev–Trinajstić information content (AvgIpc) is 3.14. The summed E-state index contributed by atoms with van der Waals surface area (Å²) < 4.78 is 86.6. The van der Waals surface area contributed by atoms with Crippen molar-refractivity contribution in [3.8, 4) is 16.9 Å². The first-order valence-electron chi connectivity index (χ1n) is 10.1. The number of anilines is 1. The summed E-state index contributed by atoms with van der Waals surface area (Å²) >= 11 is 0.698. The lowest BCUT2D eigenvalue weighted by Gasteiger charge is -2.18. The molecule has 1 aliphatic heterocycles. The van der Waals surface area contributed by atoms with E-state index in [1.807, 2.05) is 0 Å². The van der Waals surface area contributed by atoms with Gasteiger partial charge in [0.1, 0.15) is 11.6 Å². The van der Waals surface area contributed by atoms with Crippen LogP contribution in [0.15, 0.2) is 54.6 Å². The Morgan fingerprint density at radius 3 is 2.03 bits per heavy atom. The molecule has 5 rings (SSSR count). The highest BCUT2D eigenvalue weighted by Gasteiger charge is 2.38. The van der Waals surface area contributed by atoms with Gasteiger partial charge in [-0.15, -0.1) is 11.8 Å². The van der Waals surface area contributed by atoms with Crippen molar-refractivity contribution in [2.45, 2.75) is 5.25 Å². The highest BCUT2D eigenvalue weighted by atomic mass is 32.2. The van der Waals surface area contributed by atoms with Crippen LogP contribution in [0.25, 0.3) is 16.9 Å². The van der Waals surface area contributed by atoms with Crippen LogP contribution in [-0.4, -0.2) is 21.4 Å². The van der Waals surface area contributed by atoms with Crippen molar-refractivity contribution in [2.75, 3.05) is 11.1 Å². The van der Waals surface area contributed by atoms with Gasteiger partial charge < -0.3 is 5.32 Å². The molecule has 1 aliphatic rings. The van der Waals surface area contributed by atoms with Crippen LogP contribution in [0.3, 0.4) is 0 Å². The van der Waals surface area contributed by atoms with Crippen LogP contribution in [0.5, 0.6) is 0 Å². The van der Waals surface area contributed by atoms with Gasteiger partial charge in [-0.05, 0) is 24.3 Å². The second-order valence-corrected chi connectivity index (χ2v) is 8.68. The number of nitrogens with one attached hydrogen (secondary N) is 1. The summed E-state index contributed by atoms with van der Waals surface area (Å²) in [4.78, 5) is 12.5. The summed E-state index contributed by atoms with van der Waals surface area (Å²) in [7, 11) is 0. The van der Waals surface area contributed by atoms with Gasteiger partial charge in [0.05, 0.1) is 22.4 Å². The zero-order valence-corrected chi connectivity index (χ0v) is 18.3. The molecule has 0 bridgehead atoms. The Bertz CT molecular complexity index is 1430. The van der Waals surface area contributed by atoms with E-state index in [2.05, 4.69) is 10.4 Å². The van der Waals surface area contributed by atoms with Gasteiger partial charge in [-0.1, -0.05) is 30.3 Å². The summed E-state index contributed by atoms with van der Waals surface area (Å²) in [6, 6.07) is 13.4. The van der Waals surface area contributed by atoms with Crippen molar-refractivity contribution in [3.05, 3.63) is 101 Å². The van der Waals surface area contributed by atoms with Crippen LogP contribution in [0, 0.1) is 34.9 Å². The first-order chi connectivity index (χ1) is 16.8. The number of thioether (sulfide) groups is 1. The summed E-state index contributed by atoms with van der Waals surface area (Å²) in [5.41, 5.74) is -0.128. The van der Waals surface area contributed by atoms with Crippen molar-refractivity contribution in [2.24, 2.45) is 0 Å². The van der Waals surface area contributed by atoms with Gasteiger partial charge in [0.2, 0.25) is 11.7 Å². The minimum atomic E-state index is -2.28. The molecule has 1 atom stereocenters. The fourth-order valence-electron chi connectivity index (χ4n) is 3.87. The summed E-state index contributed by atoms with van der Waals surface area (Å²) in [6.07, 6.45) is 0. The van der Waals surface area contributed by atoms with Crippen molar-refractivity contribution in [1.82, 2.24) is 9.78 Å². The van der Waals surface area contributed by atoms with E-state index in [1.54, 1.807) is 30.3 Å². The molecule has 0 saturated heterocycles. The number of carbonyl (C=O) groups excluding carboxylic acids is 1. The average molecular weight is 505 g/mol. The van der Waals surface area contributed by atoms with Gasteiger partial charge in [-0.25, -0.2) is 31.0 Å². The molecule has 0 aliphatic carbocycles. The molecule has 11 heteroatoms. The van der Waals surface area contributed by atoms with E-state index in [-0.39, 0.29) is 22.8 Å². The molecule has 178 valence electrons. The predicted molar refractivity (Wildman–Crippen MR) is 118 cm³/mol. The van der Waals surface area contributed by atoms with Crippen LogP contribution in [0.4, 0.5) is 32.2 Å². The third-order valence-corrected chi connectivity index (χ3v) is 6.68. The molecule has 0 fully saturated rings. The van der Waals surface area contributed by atoms with Gasteiger partial charge in [0.25, 0.3) is 0 Å². The third-order valence-electron chi connectivity index (χ3n) is 5.45. The smallest absolute Gasteiger partial charge is 0.235 e. The van der Waals surface area contributed by atoms with Crippen LogP contribution in [0.2, 0.25) is 0 Å². The van der Waals surface area contributed by atoms with E-state index in [4.69, 9.17) is 0 Å². The number of halogens is 6. The Morgan fingerprint density at radius 2 is 1.40 bits per heavy atom. The van der Waals surface area contributed by atoms with Crippen LogP contribution in [0.1, 0.15) is 16.4 Å². The number of rotatable bonds is 3. The molecule has 0 saturated carbocycles. The number of amides is 1. The molecular formula is C24H13F6N3OS. The largest absolute Gasteiger partial charge is 0.310 e. The molecule has 1 unspecified atom stereocenters. The number of fused-ring (bicyclic) bond motifs is 1. The highest BCUT2D eigenvalue weighted by Crippen LogP contribution is 2.48. The molecule has 1 amide bonds. The van der Waals surface area contributed by atoms with E-state index in [1.165, 1.54) is 16.8 Å². The molecule has 35 heavy (non-hydrogen) atoms. The zero-order chi connectivity index (χ0) is 24.9. The van der Waals surface area contributed by atoms with E-state index < -0.39 is 51.6 Å². The maximum Gasteiger partial charge on any atom is 0.235 e. The van der Waals surface area contributed by atoms with Gasteiger partial charge >= 0.3 is 0 Å². The predicted octanol–water partition coefficient (Wildman–Crippen LogP) is 6.15. The summed E-state index contributed by atoms with van der Waals surface area (Å²) in [6.45, 7) is 0. The van der Waals surface area contributed by atoms with Gasteiger partial charge in [0, 0.05) is 16.7 Å². The van der Waals surface area contributed by atoms with Gasteiger partial charge in [-0.3, -0.25) is 4.79 Å². The Morgan fingerprint density at radius 1 is 0.800 bits per heavy atom. The lowest BCUT2D eigenvalue weighted by atomic mass is 9.98. The number of nitrogens with zero attached hydrogens (tertiary/aromatic N) is 2. The second kappa shape index (κ2) is 8.81. The van der Waals surface area contributed by atoms with E-state index in [0.717, 1.165) is 12.1 Å². The minimum Gasteiger partial charge on any atom is -0.310 e. The number of aromatic nitrogens is 2. The molecule has 0 spiro atoms. The van der Waals surface area contributed by atoms with Gasteiger partial charge in [0.15, 0.2) is 23.3 Å². The number of hydrogen-bond donors (Lipinski definition) is 1. The number of hydrogen-bond acceptors (Lipinski definition) is 3. The fraction of sp³-hybridized carbons (Fsp3) is 0.0833. The Kier molecular flexibility index (Phi) is 5.79. The number of benzene rings is 3. The number of carbonyl (C=O) groups is 1. The van der Waals surface area contributed by atoms with E-state index in [9.17, 15) is 31.1 Å². The van der Waals surface area contributed by atoms with E-state index >= 15 is 0 Å². The van der Waals surface area contributed by atoms with E-state index in [0.29, 0.717) is 23.0 Å². The molecule has 0 radical (unpaired) electrons. The SMILES string of the molecule is O=C1CSC(c2c(F)c(F)c(F)c(F)c2F)c2c(-c3ccccc3)nn(-c3ccc(F)cc3)c2N1. The first kappa shape index (κ1) is 23.0.